The maximum Gasteiger partial charge on any atom is 0.192 e. The van der Waals surface area contributed by atoms with Crippen molar-refractivity contribution in [2.45, 2.75) is 0 Å². The third-order valence-electron chi connectivity index (χ3n) is 1.18. The Balaban J connectivity index is 4.30. The van der Waals surface area contributed by atoms with Crippen molar-refractivity contribution in [2.75, 3.05) is 28.2 Å². The normalized spacial score (nSPS) is 9.08. The van der Waals surface area contributed by atoms with E-state index in [-0.39, 0.29) is 0 Å². The van der Waals surface area contributed by atoms with Crippen LogP contribution in [0.5, 0.6) is 0 Å². The van der Waals surface area contributed by atoms with Crippen LogP contribution in [0.3, 0.4) is 0 Å². The molecule has 6 heteroatoms. The van der Waals surface area contributed by atoms with Gasteiger partial charge in [-0.3, -0.25) is 0 Å². The lowest BCUT2D eigenvalue weighted by atomic mass is 10.7. The monoisotopic (exact) mass is 206 g/mol. The van der Waals surface area contributed by atoms with Gasteiger partial charge in [0.1, 0.15) is 0 Å². The number of thiocarbonyl (C=S) groups is 2. The first-order valence-corrected chi connectivity index (χ1v) is 4.17. The Morgan fingerprint density at radius 2 is 1.17 bits per heavy atom. The molecule has 0 saturated heterocycles. The molecule has 0 atom stereocenters. The summed E-state index contributed by atoms with van der Waals surface area (Å²) in [7, 11) is 7.28. The van der Waals surface area contributed by atoms with Gasteiger partial charge in [0.2, 0.25) is 0 Å². The molecule has 0 bridgehead atoms. The minimum atomic E-state index is 0.494. The zero-order valence-corrected chi connectivity index (χ0v) is 9.37. The molecule has 70 valence electrons. The Bertz CT molecular complexity index is 170. The van der Waals surface area contributed by atoms with Crippen LogP contribution < -0.4 is 5.84 Å². The van der Waals surface area contributed by atoms with Crippen molar-refractivity contribution < 1.29 is 0 Å². The van der Waals surface area contributed by atoms with Crippen LogP contribution >= 0.6 is 24.4 Å². The van der Waals surface area contributed by atoms with E-state index in [9.17, 15) is 0 Å². The minimum Gasteiger partial charge on any atom is -0.354 e. The van der Waals surface area contributed by atoms with E-state index in [1.54, 1.807) is 9.80 Å². The summed E-state index contributed by atoms with van der Waals surface area (Å²) in [6.45, 7) is 0. The molecule has 0 heterocycles. The summed E-state index contributed by atoms with van der Waals surface area (Å²) in [5.74, 6) is 5.63. The molecule has 4 nitrogen and oxygen atoms in total. The van der Waals surface area contributed by atoms with Crippen LogP contribution in [-0.4, -0.2) is 53.2 Å². The molecule has 0 radical (unpaired) electrons. The maximum atomic E-state index is 5.63. The highest BCUT2D eigenvalue weighted by Gasteiger charge is 2.13. The molecule has 0 rings (SSSR count). The van der Waals surface area contributed by atoms with Crippen LogP contribution in [0, 0.1) is 0 Å². The fraction of sp³-hybridized carbons (Fsp3) is 0.667. The average Bonchev–Trinajstić information content (AvgIpc) is 2.00. The van der Waals surface area contributed by atoms with Gasteiger partial charge in [-0.15, -0.1) is 0 Å². The minimum absolute atomic E-state index is 0.494. The van der Waals surface area contributed by atoms with Crippen molar-refractivity contribution in [1.82, 2.24) is 14.8 Å². The lowest BCUT2D eigenvalue weighted by Crippen LogP contribution is -2.51. The topological polar surface area (TPSA) is 35.7 Å². The molecule has 0 aliphatic rings. The lowest BCUT2D eigenvalue weighted by molar-refractivity contribution is 0.468. The largest absolute Gasteiger partial charge is 0.354 e. The fourth-order valence-electron chi connectivity index (χ4n) is 0.513. The highest BCUT2D eigenvalue weighted by Crippen LogP contribution is 1.93. The van der Waals surface area contributed by atoms with Gasteiger partial charge in [-0.2, -0.15) is 0 Å². The molecule has 0 saturated carbocycles. The van der Waals surface area contributed by atoms with Crippen molar-refractivity contribution in [1.29, 1.82) is 0 Å². The predicted octanol–water partition coefficient (Wildman–Crippen LogP) is -0.145. The summed E-state index contributed by atoms with van der Waals surface area (Å²) in [6, 6.07) is 0. The molecule has 0 amide bonds. The molecule has 0 spiro atoms. The van der Waals surface area contributed by atoms with Crippen LogP contribution in [0.4, 0.5) is 0 Å². The quantitative estimate of drug-likeness (QED) is 0.337. The molecule has 0 unspecified atom stereocenters. The van der Waals surface area contributed by atoms with Gasteiger partial charge < -0.3 is 9.80 Å². The average molecular weight is 206 g/mol. The van der Waals surface area contributed by atoms with Gasteiger partial charge in [-0.1, -0.05) is 0 Å². The Morgan fingerprint density at radius 3 is 1.33 bits per heavy atom. The summed E-state index contributed by atoms with van der Waals surface area (Å²) in [5, 5.41) is 2.28. The molecule has 0 aromatic carbocycles. The maximum absolute atomic E-state index is 5.63. The second-order valence-corrected chi connectivity index (χ2v) is 3.45. The van der Waals surface area contributed by atoms with E-state index in [1.165, 1.54) is 5.01 Å². The zero-order chi connectivity index (χ0) is 9.89. The zero-order valence-electron chi connectivity index (χ0n) is 7.74. The Kier molecular flexibility index (Phi) is 4.36. The molecule has 0 aliphatic carbocycles. The molecule has 0 aliphatic heterocycles. The summed E-state index contributed by atoms with van der Waals surface area (Å²) >= 11 is 10.0. The molecule has 12 heavy (non-hydrogen) atoms. The number of hydrazine groups is 1. The van der Waals surface area contributed by atoms with Gasteiger partial charge in [0, 0.05) is 28.2 Å². The summed E-state index contributed by atoms with van der Waals surface area (Å²) in [6.07, 6.45) is 0. The Hall–Kier alpha value is -0.460. The molecular formula is C6H14N4S2. The van der Waals surface area contributed by atoms with Crippen LogP contribution in [-0.2, 0) is 0 Å². The van der Waals surface area contributed by atoms with Gasteiger partial charge in [0.25, 0.3) is 0 Å². The lowest BCUT2D eigenvalue weighted by Gasteiger charge is -2.27. The predicted molar refractivity (Wildman–Crippen MR) is 58.6 cm³/mol. The van der Waals surface area contributed by atoms with Gasteiger partial charge >= 0.3 is 0 Å². The van der Waals surface area contributed by atoms with Gasteiger partial charge in [-0.25, -0.2) is 10.9 Å². The number of nitrogens with two attached hydrogens (primary N) is 1. The molecule has 0 aromatic rings. The highest BCUT2D eigenvalue weighted by atomic mass is 32.1. The summed E-state index contributed by atoms with van der Waals surface area (Å²) < 4.78 is 0. The number of nitrogens with zero attached hydrogens (tertiary/aromatic N) is 3. The fourth-order valence-corrected chi connectivity index (χ4v) is 0.743. The first-order valence-electron chi connectivity index (χ1n) is 3.35. The third kappa shape index (κ3) is 2.88. The smallest absolute Gasteiger partial charge is 0.192 e. The van der Waals surface area contributed by atoms with E-state index in [4.69, 9.17) is 30.3 Å². The van der Waals surface area contributed by atoms with E-state index in [2.05, 4.69) is 0 Å². The highest BCUT2D eigenvalue weighted by molar-refractivity contribution is 7.81. The standard InChI is InChI=1S/C6H14N4S2/c1-8(2)5(11)10(7)6(12)9(3)4/h7H2,1-4H3. The summed E-state index contributed by atoms with van der Waals surface area (Å²) in [4.78, 5) is 3.45. The van der Waals surface area contributed by atoms with E-state index in [0.717, 1.165) is 0 Å². The van der Waals surface area contributed by atoms with Crippen LogP contribution in [0.25, 0.3) is 0 Å². The van der Waals surface area contributed by atoms with Gasteiger partial charge in [0.05, 0.1) is 0 Å². The molecular weight excluding hydrogens is 192 g/mol. The van der Waals surface area contributed by atoms with Crippen molar-refractivity contribution >= 4 is 34.7 Å². The second-order valence-electron chi connectivity index (χ2n) is 2.72. The van der Waals surface area contributed by atoms with Crippen LogP contribution in [0.2, 0.25) is 0 Å². The van der Waals surface area contributed by atoms with Crippen molar-refractivity contribution in [3.63, 3.8) is 0 Å². The Labute approximate surface area is 83.9 Å². The first kappa shape index (κ1) is 11.5. The van der Waals surface area contributed by atoms with Crippen molar-refractivity contribution in [3.8, 4) is 0 Å². The second kappa shape index (κ2) is 4.54. The van der Waals surface area contributed by atoms with Gasteiger partial charge in [-0.05, 0) is 24.4 Å². The van der Waals surface area contributed by atoms with Crippen LogP contribution in [0.1, 0.15) is 0 Å². The van der Waals surface area contributed by atoms with Crippen molar-refractivity contribution in [3.05, 3.63) is 0 Å². The summed E-state index contributed by atoms with van der Waals surface area (Å²) in [5.41, 5.74) is 0. The van der Waals surface area contributed by atoms with Crippen molar-refractivity contribution in [2.24, 2.45) is 5.84 Å². The number of hydrogen-bond acceptors (Lipinski definition) is 3. The molecule has 0 fully saturated rings. The number of rotatable bonds is 0. The third-order valence-corrected chi connectivity index (χ3v) is 2.30. The molecule has 2 N–H and O–H groups in total. The van der Waals surface area contributed by atoms with E-state index < -0.39 is 0 Å². The van der Waals surface area contributed by atoms with E-state index >= 15 is 0 Å². The SMILES string of the molecule is CN(C)C(=S)N(N)C(=S)N(C)C. The van der Waals surface area contributed by atoms with E-state index in [0.29, 0.717) is 10.2 Å². The van der Waals surface area contributed by atoms with E-state index in [1.807, 2.05) is 28.2 Å². The van der Waals surface area contributed by atoms with Gasteiger partial charge in [0.15, 0.2) is 10.2 Å². The molecule has 0 aromatic heterocycles. The van der Waals surface area contributed by atoms with Crippen LogP contribution in [0.15, 0.2) is 0 Å². The Morgan fingerprint density at radius 1 is 0.917 bits per heavy atom. The first-order chi connectivity index (χ1) is 5.37. The number of hydrogen-bond donors (Lipinski definition) is 1.